The first-order valence-electron chi connectivity index (χ1n) is 29.4. The summed E-state index contributed by atoms with van der Waals surface area (Å²) in [6.07, 6.45) is 13.8. The fourth-order valence-electron chi connectivity index (χ4n) is 11.9. The molecule has 0 bridgehead atoms. The summed E-state index contributed by atoms with van der Waals surface area (Å²) in [6.45, 7) is 16.8. The van der Waals surface area contributed by atoms with Crippen LogP contribution in [0.15, 0.2) is 145 Å². The van der Waals surface area contributed by atoms with Crippen molar-refractivity contribution in [1.29, 1.82) is 5.26 Å². The minimum atomic E-state index is -1.28. The zero-order valence-corrected chi connectivity index (χ0v) is 52.3. The number of allylic oxidation sites excluding steroid dienone is 1. The Labute approximate surface area is 522 Å². The smallest absolute Gasteiger partial charge is 0.333 e. The zero-order valence-electron chi connectivity index (χ0n) is 49.0. The highest BCUT2D eigenvalue weighted by Crippen LogP contribution is 2.50. The number of anilines is 3. The van der Waals surface area contributed by atoms with Crippen LogP contribution in [-0.2, 0) is 27.2 Å². The van der Waals surface area contributed by atoms with Crippen LogP contribution in [-0.4, -0.2) is 42.2 Å². The molecule has 87 heavy (non-hydrogen) atoms. The number of hydrogen-bond donors (Lipinski definition) is 1. The number of fused-ring (bicyclic) bond motifs is 4. The van der Waals surface area contributed by atoms with Crippen LogP contribution in [0.5, 0.6) is 5.75 Å². The van der Waals surface area contributed by atoms with Crippen LogP contribution in [0.4, 0.5) is 17.1 Å². The Kier molecular flexibility index (Phi) is 18.7. The second-order valence-electron chi connectivity index (χ2n) is 21.7. The van der Waals surface area contributed by atoms with Crippen molar-refractivity contribution in [1.82, 2.24) is 17.5 Å². The van der Waals surface area contributed by atoms with E-state index < -0.39 is 5.97 Å². The quantitative estimate of drug-likeness (QED) is 0.0145. The van der Waals surface area contributed by atoms with Gasteiger partial charge in [-0.3, -0.25) is 9.59 Å². The summed E-state index contributed by atoms with van der Waals surface area (Å²) in [5, 5.41) is 23.5. The molecule has 7 aromatic carbocycles. The molecule has 0 radical (unpaired) electrons. The predicted octanol–water partition coefficient (Wildman–Crippen LogP) is 20.2. The lowest BCUT2D eigenvalue weighted by Crippen LogP contribution is -2.11. The molecule has 16 heteroatoms. The first-order chi connectivity index (χ1) is 42.6. The number of hydrogen-bond acceptors (Lipinski definition) is 14. The lowest BCUT2D eigenvalue weighted by Gasteiger charge is -2.29. The molecule has 2 unspecified atom stereocenters. The Bertz CT molecular complexity index is 4430. The van der Waals surface area contributed by atoms with E-state index in [1.165, 1.54) is 39.5 Å². The van der Waals surface area contributed by atoms with E-state index in [9.17, 15) is 20.0 Å². The molecule has 1 N–H and O–H groups in total. The number of ether oxygens (including phenoxy) is 2. The largest absolute Gasteiger partial charge is 0.495 e. The van der Waals surface area contributed by atoms with E-state index in [-0.39, 0.29) is 17.9 Å². The third-order valence-electron chi connectivity index (χ3n) is 16.4. The first kappa shape index (κ1) is 59.8. The van der Waals surface area contributed by atoms with Gasteiger partial charge in [0, 0.05) is 75.2 Å². The molecule has 12 nitrogen and oxygen atoms in total. The number of benzene rings is 7. The molecule has 4 aromatic heterocycles. The second kappa shape index (κ2) is 27.2. The maximum absolute atomic E-state index is 11.9. The number of nitriles is 1. The minimum absolute atomic E-state index is 0.122. The van der Waals surface area contributed by atoms with E-state index in [0.29, 0.717) is 39.5 Å². The highest BCUT2D eigenvalue weighted by atomic mass is 32.1. The third-order valence-corrected chi connectivity index (χ3v) is 20.0. The van der Waals surface area contributed by atoms with E-state index in [1.807, 2.05) is 30.3 Å². The van der Waals surface area contributed by atoms with Crippen molar-refractivity contribution in [3.8, 4) is 53.6 Å². The number of aliphatic carboxylic acids is 1. The number of rotatable bonds is 25. The Morgan fingerprint density at radius 1 is 0.655 bits per heavy atom. The molecular formula is C71H63N7O5S4. The van der Waals surface area contributed by atoms with Crippen LogP contribution in [0.2, 0.25) is 0 Å². The molecule has 0 fully saturated rings. The minimum Gasteiger partial charge on any atom is -0.495 e. The Morgan fingerprint density at radius 2 is 1.11 bits per heavy atom. The molecule has 0 amide bonds. The monoisotopic (exact) mass is 1220 g/mol. The normalized spacial score (nSPS) is 12.6. The molecule has 4 heterocycles. The van der Waals surface area contributed by atoms with Crippen LogP contribution in [0.25, 0.3) is 102 Å². The summed E-state index contributed by atoms with van der Waals surface area (Å²) in [6, 6.07) is 49.3. The van der Waals surface area contributed by atoms with Crippen LogP contribution in [0.3, 0.4) is 0 Å². The van der Waals surface area contributed by atoms with E-state index in [4.69, 9.17) is 24.8 Å². The van der Waals surface area contributed by atoms with Crippen molar-refractivity contribution in [2.45, 2.75) is 91.9 Å². The van der Waals surface area contributed by atoms with Crippen molar-refractivity contribution < 1.29 is 24.2 Å². The fraction of sp³-hybridized carbons (Fsp3) is 0.239. The van der Waals surface area contributed by atoms with Crippen LogP contribution in [0.1, 0.15) is 101 Å². The van der Waals surface area contributed by atoms with Gasteiger partial charge in [0.1, 0.15) is 33.9 Å². The van der Waals surface area contributed by atoms with Crippen molar-refractivity contribution >= 4 is 131 Å². The lowest BCUT2D eigenvalue weighted by atomic mass is 9.91. The molecule has 436 valence electrons. The van der Waals surface area contributed by atoms with Gasteiger partial charge in [-0.2, -0.15) is 22.8 Å². The van der Waals surface area contributed by atoms with Gasteiger partial charge in [-0.15, -0.1) is 22.7 Å². The van der Waals surface area contributed by atoms with Crippen LogP contribution >= 0.6 is 46.1 Å². The summed E-state index contributed by atoms with van der Waals surface area (Å²) in [5.41, 5.74) is 13.1. The van der Waals surface area contributed by atoms with Gasteiger partial charge in [0.05, 0.1) is 42.8 Å². The maximum Gasteiger partial charge on any atom is 0.333 e. The van der Waals surface area contributed by atoms with E-state index >= 15 is 0 Å². The lowest BCUT2D eigenvalue weighted by molar-refractivity contribution is -0.132. The molecule has 0 aliphatic carbocycles. The molecule has 0 saturated heterocycles. The molecule has 11 aromatic rings. The molecule has 0 aliphatic rings. The number of carbonyl (C=O) groups excluding carboxylic acids is 1. The Hall–Kier alpha value is -8.90. The fourth-order valence-corrected chi connectivity index (χ4v) is 15.5. The third kappa shape index (κ3) is 12.3. The average Bonchev–Trinajstić information content (AvgIpc) is 1.48. The van der Waals surface area contributed by atoms with Crippen molar-refractivity contribution in [2.75, 3.05) is 12.0 Å². The number of methoxy groups -OCH3 is 1. The second-order valence-corrected chi connectivity index (χ2v) is 24.8. The number of unbranched alkanes of at least 4 members (excludes halogenated alkanes) is 2. The number of carboxylic acids is 1. The van der Waals surface area contributed by atoms with Gasteiger partial charge in [0.2, 0.25) is 5.76 Å². The van der Waals surface area contributed by atoms with E-state index in [2.05, 4.69) is 155 Å². The van der Waals surface area contributed by atoms with Crippen LogP contribution in [0, 0.1) is 29.7 Å². The molecule has 11 rings (SSSR count). The van der Waals surface area contributed by atoms with Gasteiger partial charge in [-0.1, -0.05) is 176 Å². The molecule has 0 spiro atoms. The highest BCUT2D eigenvalue weighted by Gasteiger charge is 2.26. The standard InChI is InChI=1S/C71H63N7O5S4/c1-7-11-17-43(9-3)35-49-39-61(58-33-27-47(37-53(41-72)83-42-79)63-65(58)76-86-74-63)84-69(49)45-23-29-51(30-24-45)78(67-54-19-13-15-21-56(54)68(82-6)57-22-16-14-20-55(57)67)52-31-25-46(26-32-52)70-50(36-44(10-4)18-12-8-2)40-62(85-70)59-34-28-48(38-60(73-5)71(80)81)64-66(59)77-87-75-64/h13-16,19-34,37-40,42-44H,7-12,17-18,35-36H2,1-4,6H3,(H,80,81)/b53-37+,60-38-. The summed E-state index contributed by atoms with van der Waals surface area (Å²) in [7, 11) is 1.75. The topological polar surface area (TPSA) is 156 Å². The zero-order chi connectivity index (χ0) is 60.6. The van der Waals surface area contributed by atoms with Gasteiger partial charge in [0.15, 0.2) is 0 Å². The Morgan fingerprint density at radius 3 is 1.53 bits per heavy atom. The van der Waals surface area contributed by atoms with Gasteiger partial charge >= 0.3 is 5.97 Å². The summed E-state index contributed by atoms with van der Waals surface area (Å²) in [5.74, 6) is 0.431. The van der Waals surface area contributed by atoms with Crippen molar-refractivity contribution in [2.24, 2.45) is 11.8 Å². The summed E-state index contributed by atoms with van der Waals surface area (Å²) in [4.78, 5) is 33.2. The molecule has 2 atom stereocenters. The van der Waals surface area contributed by atoms with Crippen molar-refractivity contribution in [3.63, 3.8) is 0 Å². The molecular weight excluding hydrogens is 1160 g/mol. The number of carbonyl (C=O) groups is 2. The maximum atomic E-state index is 11.9. The number of nitrogens with zero attached hydrogens (tertiary/aromatic N) is 7. The number of thiophene rings is 2. The average molecular weight is 1220 g/mol. The van der Waals surface area contributed by atoms with E-state index in [0.717, 1.165) is 163 Å². The van der Waals surface area contributed by atoms with Gasteiger partial charge in [0.25, 0.3) is 12.2 Å². The molecule has 0 saturated carbocycles. The molecule has 0 aliphatic heterocycles. The van der Waals surface area contributed by atoms with E-state index in [1.54, 1.807) is 29.8 Å². The van der Waals surface area contributed by atoms with Gasteiger partial charge in [-0.05, 0) is 95.0 Å². The first-order valence-corrected chi connectivity index (χ1v) is 32.5. The summed E-state index contributed by atoms with van der Waals surface area (Å²) < 4.78 is 29.9. The Balaban J connectivity index is 1.04. The summed E-state index contributed by atoms with van der Waals surface area (Å²) >= 11 is 5.69. The predicted molar refractivity (Wildman–Crippen MR) is 359 cm³/mol. The van der Waals surface area contributed by atoms with Gasteiger partial charge in [-0.25, -0.2) is 4.85 Å². The van der Waals surface area contributed by atoms with Crippen LogP contribution < -0.4 is 9.64 Å². The highest BCUT2D eigenvalue weighted by molar-refractivity contribution is 7.19. The SMILES string of the molecule is [C-]#[N+]/C(=C\c1ccc(-c2cc(CC(CC)CCCC)c(-c3ccc(N(c4ccc(-c5sc(-c6ccc(/C=C(\C#N)OC=O)c7nsnc67)cc5CC(CC)CCCC)cc4)c4c5ccccc5c(OC)c5ccccc45)cc3)s2)c2nsnc12)C(=O)O. The van der Waals surface area contributed by atoms with Gasteiger partial charge < -0.3 is 19.5 Å². The van der Waals surface area contributed by atoms with Crippen molar-refractivity contribution in [3.05, 3.63) is 179 Å². The number of aromatic nitrogens is 4. The number of carboxylic acid groups (broad SMARTS) is 1.